The Morgan fingerprint density at radius 2 is 2.25 bits per heavy atom. The van der Waals surface area contributed by atoms with Crippen LogP contribution in [0.25, 0.3) is 0 Å². The van der Waals surface area contributed by atoms with Crippen LogP contribution in [0.5, 0.6) is 0 Å². The van der Waals surface area contributed by atoms with E-state index in [0.29, 0.717) is 0 Å². The Labute approximate surface area is 133 Å². The van der Waals surface area contributed by atoms with Crippen molar-refractivity contribution in [1.29, 1.82) is 0 Å². The molecule has 1 aliphatic rings. The van der Waals surface area contributed by atoms with E-state index in [4.69, 9.17) is 5.73 Å². The highest BCUT2D eigenvalue weighted by Crippen LogP contribution is 2.36. The molecular formula is C14H22BrN3OS. The van der Waals surface area contributed by atoms with Crippen molar-refractivity contribution >= 4 is 33.2 Å². The van der Waals surface area contributed by atoms with Crippen LogP contribution >= 0.6 is 27.3 Å². The van der Waals surface area contributed by atoms with Crippen LogP contribution in [0.4, 0.5) is 0 Å². The monoisotopic (exact) mass is 359 g/mol. The van der Waals surface area contributed by atoms with Crippen LogP contribution in [0, 0.1) is 0 Å². The highest BCUT2D eigenvalue weighted by Gasteiger charge is 2.38. The number of nitrogens with zero attached hydrogens (tertiary/aromatic N) is 2. The number of hydrogen-bond donors (Lipinski definition) is 1. The molecule has 0 saturated carbocycles. The summed E-state index contributed by atoms with van der Waals surface area (Å²) in [5.41, 5.74) is 6.22. The van der Waals surface area contributed by atoms with E-state index in [2.05, 4.69) is 26.9 Å². The van der Waals surface area contributed by atoms with Gasteiger partial charge in [0.25, 0.3) is 0 Å². The molecule has 0 bridgehead atoms. The third-order valence-electron chi connectivity index (χ3n) is 3.76. The summed E-state index contributed by atoms with van der Waals surface area (Å²) in [6.45, 7) is 2.96. The van der Waals surface area contributed by atoms with Crippen molar-refractivity contribution in [2.75, 3.05) is 20.6 Å². The second-order valence-electron chi connectivity index (χ2n) is 5.57. The Kier molecular flexibility index (Phi) is 5.23. The minimum atomic E-state index is -0.0399. The SMILES string of the molecule is CC(N)C(c1ccc(Br)s1)N1CCCC1C(=O)N(C)C. The lowest BCUT2D eigenvalue weighted by Crippen LogP contribution is -2.48. The topological polar surface area (TPSA) is 49.6 Å². The summed E-state index contributed by atoms with van der Waals surface area (Å²) >= 11 is 5.21. The number of halogens is 1. The van der Waals surface area contributed by atoms with Crippen molar-refractivity contribution < 1.29 is 4.79 Å². The molecule has 0 radical (unpaired) electrons. The molecule has 0 aliphatic carbocycles. The van der Waals surface area contributed by atoms with Crippen LogP contribution in [0.3, 0.4) is 0 Å². The van der Waals surface area contributed by atoms with Crippen LogP contribution in [-0.2, 0) is 4.79 Å². The molecule has 1 fully saturated rings. The number of likely N-dealkylation sites (tertiary alicyclic amines) is 1. The summed E-state index contributed by atoms with van der Waals surface area (Å²) in [6, 6.07) is 4.23. The average Bonchev–Trinajstić information content (AvgIpc) is 2.98. The highest BCUT2D eigenvalue weighted by atomic mass is 79.9. The Morgan fingerprint density at radius 3 is 2.75 bits per heavy atom. The van der Waals surface area contributed by atoms with Gasteiger partial charge in [0.15, 0.2) is 0 Å². The fourth-order valence-electron chi connectivity index (χ4n) is 2.90. The normalized spacial score (nSPS) is 22.8. The molecule has 1 aromatic rings. The number of carbonyl (C=O) groups is 1. The summed E-state index contributed by atoms with van der Waals surface area (Å²) < 4.78 is 1.10. The quantitative estimate of drug-likeness (QED) is 0.897. The molecule has 3 atom stereocenters. The van der Waals surface area contributed by atoms with Crippen molar-refractivity contribution in [2.45, 2.75) is 37.9 Å². The van der Waals surface area contributed by atoms with Gasteiger partial charge in [0.1, 0.15) is 0 Å². The predicted molar refractivity (Wildman–Crippen MR) is 86.8 cm³/mol. The van der Waals surface area contributed by atoms with Crippen LogP contribution in [0.1, 0.15) is 30.7 Å². The number of carbonyl (C=O) groups excluding carboxylic acids is 1. The van der Waals surface area contributed by atoms with Gasteiger partial charge in [0, 0.05) is 25.0 Å². The van der Waals surface area contributed by atoms with Gasteiger partial charge < -0.3 is 10.6 Å². The molecule has 0 aromatic carbocycles. The van der Waals surface area contributed by atoms with Gasteiger partial charge >= 0.3 is 0 Å². The summed E-state index contributed by atoms with van der Waals surface area (Å²) in [4.78, 5) is 17.6. The zero-order valence-corrected chi connectivity index (χ0v) is 14.6. The molecule has 2 N–H and O–H groups in total. The molecule has 6 heteroatoms. The first-order valence-electron chi connectivity index (χ1n) is 6.89. The molecule has 1 amide bonds. The lowest BCUT2D eigenvalue weighted by atomic mass is 10.1. The molecule has 3 unspecified atom stereocenters. The molecule has 0 spiro atoms. The fourth-order valence-corrected chi connectivity index (χ4v) is 4.56. The molecular weight excluding hydrogens is 338 g/mol. The molecule has 1 aliphatic heterocycles. The summed E-state index contributed by atoms with van der Waals surface area (Å²) in [7, 11) is 3.64. The van der Waals surface area contributed by atoms with Crippen molar-refractivity contribution in [1.82, 2.24) is 9.80 Å². The first-order valence-corrected chi connectivity index (χ1v) is 8.50. The van der Waals surface area contributed by atoms with Crippen LogP contribution in [0.15, 0.2) is 15.9 Å². The molecule has 1 aromatic heterocycles. The molecule has 2 rings (SSSR count). The van der Waals surface area contributed by atoms with E-state index in [-0.39, 0.29) is 24.0 Å². The zero-order chi connectivity index (χ0) is 14.9. The van der Waals surface area contributed by atoms with Gasteiger partial charge in [-0.15, -0.1) is 11.3 Å². The van der Waals surface area contributed by atoms with Crippen molar-refractivity contribution in [3.63, 3.8) is 0 Å². The van der Waals surface area contributed by atoms with Crippen LogP contribution in [0.2, 0.25) is 0 Å². The fraction of sp³-hybridized carbons (Fsp3) is 0.643. The van der Waals surface area contributed by atoms with Crippen molar-refractivity contribution in [3.05, 3.63) is 20.8 Å². The Balaban J connectivity index is 2.27. The largest absolute Gasteiger partial charge is 0.347 e. The van der Waals surface area contributed by atoms with Gasteiger partial charge in [-0.25, -0.2) is 0 Å². The molecule has 20 heavy (non-hydrogen) atoms. The maximum absolute atomic E-state index is 12.4. The average molecular weight is 360 g/mol. The summed E-state index contributed by atoms with van der Waals surface area (Å²) in [6.07, 6.45) is 1.98. The zero-order valence-electron chi connectivity index (χ0n) is 12.2. The van der Waals surface area contributed by atoms with Gasteiger partial charge in [-0.2, -0.15) is 0 Å². The third kappa shape index (κ3) is 3.24. The highest BCUT2D eigenvalue weighted by molar-refractivity contribution is 9.11. The predicted octanol–water partition coefficient (Wildman–Crippen LogP) is 2.45. The van der Waals surface area contributed by atoms with E-state index in [1.165, 1.54) is 4.88 Å². The maximum Gasteiger partial charge on any atom is 0.239 e. The van der Waals surface area contributed by atoms with E-state index in [1.807, 2.05) is 27.1 Å². The Bertz CT molecular complexity index is 475. The summed E-state index contributed by atoms with van der Waals surface area (Å²) in [5.74, 6) is 0.184. The van der Waals surface area contributed by atoms with Crippen molar-refractivity contribution in [3.8, 4) is 0 Å². The molecule has 1 saturated heterocycles. The molecule has 2 heterocycles. The smallest absolute Gasteiger partial charge is 0.239 e. The molecule has 4 nitrogen and oxygen atoms in total. The van der Waals surface area contributed by atoms with E-state index >= 15 is 0 Å². The lowest BCUT2D eigenvalue weighted by molar-refractivity contribution is -0.134. The number of nitrogens with two attached hydrogens (primary N) is 1. The van der Waals surface area contributed by atoms with E-state index in [0.717, 1.165) is 23.2 Å². The van der Waals surface area contributed by atoms with Gasteiger partial charge in [-0.05, 0) is 54.4 Å². The first-order chi connectivity index (χ1) is 9.41. The van der Waals surface area contributed by atoms with E-state index in [1.54, 1.807) is 16.2 Å². The number of amides is 1. The van der Waals surface area contributed by atoms with Crippen LogP contribution < -0.4 is 5.73 Å². The second-order valence-corrected chi connectivity index (χ2v) is 8.07. The standard InChI is InChI=1S/C14H22BrN3OS/c1-9(16)13(11-6-7-12(15)20-11)18-8-4-5-10(18)14(19)17(2)3/h6-7,9-10,13H,4-5,8,16H2,1-3H3. The van der Waals surface area contributed by atoms with E-state index < -0.39 is 0 Å². The number of likely N-dealkylation sites (N-methyl/N-ethyl adjacent to an activating group) is 1. The van der Waals surface area contributed by atoms with Gasteiger partial charge in [0.05, 0.1) is 15.9 Å². The van der Waals surface area contributed by atoms with Gasteiger partial charge in [-0.1, -0.05) is 0 Å². The minimum absolute atomic E-state index is 0.00360. The van der Waals surface area contributed by atoms with Gasteiger partial charge in [0.2, 0.25) is 5.91 Å². The number of hydrogen-bond acceptors (Lipinski definition) is 4. The Hall–Kier alpha value is -0.430. The third-order valence-corrected chi connectivity index (χ3v) is 5.46. The summed E-state index contributed by atoms with van der Waals surface area (Å²) in [5, 5.41) is 0. The lowest BCUT2D eigenvalue weighted by Gasteiger charge is -2.35. The number of thiophene rings is 1. The second kappa shape index (κ2) is 6.56. The minimum Gasteiger partial charge on any atom is -0.347 e. The number of rotatable bonds is 4. The van der Waals surface area contributed by atoms with Crippen LogP contribution in [-0.4, -0.2) is 48.4 Å². The Morgan fingerprint density at radius 1 is 1.55 bits per heavy atom. The first kappa shape index (κ1) is 15.9. The van der Waals surface area contributed by atoms with Crippen molar-refractivity contribution in [2.24, 2.45) is 5.73 Å². The van der Waals surface area contributed by atoms with E-state index in [9.17, 15) is 4.79 Å². The molecule has 112 valence electrons. The maximum atomic E-state index is 12.4. The van der Waals surface area contributed by atoms with Gasteiger partial charge in [-0.3, -0.25) is 9.69 Å².